The predicted molar refractivity (Wildman–Crippen MR) is 88.0 cm³/mol. The van der Waals surface area contributed by atoms with Crippen molar-refractivity contribution in [3.63, 3.8) is 0 Å². The number of hydrogen-bond acceptors (Lipinski definition) is 3. The van der Waals surface area contributed by atoms with Crippen LogP contribution in [0.1, 0.15) is 74.1 Å². The van der Waals surface area contributed by atoms with Crippen molar-refractivity contribution in [2.24, 2.45) is 5.92 Å². The Balaban J connectivity index is 5.04. The van der Waals surface area contributed by atoms with Crippen LogP contribution in [0.3, 0.4) is 0 Å². The van der Waals surface area contributed by atoms with Gasteiger partial charge in [-0.1, -0.05) is 34.6 Å². The van der Waals surface area contributed by atoms with Crippen molar-refractivity contribution in [2.75, 3.05) is 13.2 Å². The molecule has 4 heteroatoms. The average molecular weight is 305 g/mol. The highest BCUT2D eigenvalue weighted by atomic mass is 28.4. The minimum atomic E-state index is -2.52. The predicted octanol–water partition coefficient (Wildman–Crippen LogP) is 5.03. The van der Waals surface area contributed by atoms with Crippen LogP contribution >= 0.6 is 0 Å². The van der Waals surface area contributed by atoms with Gasteiger partial charge >= 0.3 is 8.80 Å². The Morgan fingerprint density at radius 2 is 1.40 bits per heavy atom. The zero-order valence-corrected chi connectivity index (χ0v) is 15.8. The first kappa shape index (κ1) is 20.1. The molecule has 0 aromatic heterocycles. The largest absolute Gasteiger partial charge is 0.501 e. The zero-order valence-electron chi connectivity index (χ0n) is 14.8. The molecule has 0 atom stereocenters. The standard InChI is InChI=1S/C16H36O3Si/c1-8-16(9-2,14-13-15(6)7)19-20(12-5,17-10-3)18-11-4/h15H,8-14H2,1-7H3. The fraction of sp³-hybridized carbons (Fsp3) is 1.00. The molecule has 0 aliphatic rings. The van der Waals surface area contributed by atoms with Crippen LogP contribution in [0.5, 0.6) is 0 Å². The highest BCUT2D eigenvalue weighted by Gasteiger charge is 2.45. The third-order valence-electron chi connectivity index (χ3n) is 4.00. The highest BCUT2D eigenvalue weighted by molar-refractivity contribution is 6.60. The minimum Gasteiger partial charge on any atom is -0.374 e. The van der Waals surface area contributed by atoms with Crippen molar-refractivity contribution in [3.05, 3.63) is 0 Å². The van der Waals surface area contributed by atoms with Crippen LogP contribution in [0.4, 0.5) is 0 Å². The van der Waals surface area contributed by atoms with E-state index in [1.807, 2.05) is 13.8 Å². The van der Waals surface area contributed by atoms with Gasteiger partial charge in [0.1, 0.15) is 0 Å². The van der Waals surface area contributed by atoms with Gasteiger partial charge in [-0.25, -0.2) is 0 Å². The van der Waals surface area contributed by atoms with Crippen LogP contribution < -0.4 is 0 Å². The Bertz CT molecular complexity index is 234. The molecule has 0 saturated heterocycles. The summed E-state index contributed by atoms with van der Waals surface area (Å²) in [4.78, 5) is 0. The lowest BCUT2D eigenvalue weighted by atomic mass is 9.89. The van der Waals surface area contributed by atoms with Crippen LogP contribution in [-0.2, 0) is 13.3 Å². The van der Waals surface area contributed by atoms with E-state index < -0.39 is 8.80 Å². The molecule has 0 N–H and O–H groups in total. The monoisotopic (exact) mass is 304 g/mol. The summed E-state index contributed by atoms with van der Waals surface area (Å²) in [5.74, 6) is 0.702. The van der Waals surface area contributed by atoms with E-state index in [9.17, 15) is 0 Å². The maximum atomic E-state index is 6.60. The van der Waals surface area contributed by atoms with Gasteiger partial charge in [-0.15, -0.1) is 0 Å². The first-order valence-electron chi connectivity index (χ1n) is 8.41. The van der Waals surface area contributed by atoms with Gasteiger partial charge in [0.15, 0.2) is 0 Å². The second kappa shape index (κ2) is 9.93. The van der Waals surface area contributed by atoms with E-state index in [1.54, 1.807) is 0 Å². The molecular weight excluding hydrogens is 268 g/mol. The summed E-state index contributed by atoms with van der Waals surface area (Å²) in [6.45, 7) is 16.5. The molecule has 0 amide bonds. The maximum absolute atomic E-state index is 6.60. The maximum Gasteiger partial charge on any atom is 0.501 e. The lowest BCUT2D eigenvalue weighted by molar-refractivity contribution is -0.0418. The lowest BCUT2D eigenvalue weighted by Crippen LogP contribution is -2.52. The van der Waals surface area contributed by atoms with Crippen molar-refractivity contribution in [3.8, 4) is 0 Å². The quantitative estimate of drug-likeness (QED) is 0.473. The number of rotatable bonds is 12. The second-order valence-corrected chi connectivity index (χ2v) is 8.68. The summed E-state index contributed by atoms with van der Waals surface area (Å²) in [7, 11) is -2.52. The van der Waals surface area contributed by atoms with Gasteiger partial charge in [0, 0.05) is 19.3 Å². The van der Waals surface area contributed by atoms with Crippen LogP contribution in [0, 0.1) is 5.92 Å². The Morgan fingerprint density at radius 3 is 1.70 bits per heavy atom. The Kier molecular flexibility index (Phi) is 9.98. The molecule has 0 spiro atoms. The van der Waals surface area contributed by atoms with E-state index in [-0.39, 0.29) is 5.60 Å². The molecule has 0 saturated carbocycles. The van der Waals surface area contributed by atoms with Gasteiger partial charge in [-0.2, -0.15) is 0 Å². The zero-order chi connectivity index (χ0) is 15.6. The number of hydrogen-bond donors (Lipinski definition) is 0. The summed E-state index contributed by atoms with van der Waals surface area (Å²) in [6, 6.07) is 0.845. The molecule has 0 rings (SSSR count). The summed E-state index contributed by atoms with van der Waals surface area (Å²) in [5.41, 5.74) is -0.0865. The van der Waals surface area contributed by atoms with Gasteiger partial charge in [-0.3, -0.25) is 0 Å². The topological polar surface area (TPSA) is 27.7 Å². The fourth-order valence-electron chi connectivity index (χ4n) is 2.50. The molecule has 0 heterocycles. The van der Waals surface area contributed by atoms with Crippen LogP contribution in [0.2, 0.25) is 6.04 Å². The van der Waals surface area contributed by atoms with E-state index in [4.69, 9.17) is 13.3 Å². The van der Waals surface area contributed by atoms with Gasteiger partial charge in [-0.05, 0) is 45.4 Å². The first-order chi connectivity index (χ1) is 9.43. The Morgan fingerprint density at radius 1 is 0.900 bits per heavy atom. The third kappa shape index (κ3) is 6.25. The van der Waals surface area contributed by atoms with E-state index >= 15 is 0 Å². The molecule has 0 aliphatic heterocycles. The molecule has 0 radical (unpaired) electrons. The summed E-state index contributed by atoms with van der Waals surface area (Å²) < 4.78 is 18.6. The van der Waals surface area contributed by atoms with Gasteiger partial charge in [0.2, 0.25) is 0 Å². The molecule has 122 valence electrons. The van der Waals surface area contributed by atoms with Gasteiger partial charge in [0.05, 0.1) is 5.60 Å². The molecule has 20 heavy (non-hydrogen) atoms. The van der Waals surface area contributed by atoms with Crippen LogP contribution in [0.15, 0.2) is 0 Å². The van der Waals surface area contributed by atoms with Crippen molar-refractivity contribution in [1.82, 2.24) is 0 Å². The fourth-order valence-corrected chi connectivity index (χ4v) is 5.18. The summed E-state index contributed by atoms with van der Waals surface area (Å²) >= 11 is 0. The smallest absolute Gasteiger partial charge is 0.374 e. The first-order valence-corrected chi connectivity index (χ1v) is 10.3. The second-order valence-electron chi connectivity index (χ2n) is 5.83. The Labute approximate surface area is 127 Å². The van der Waals surface area contributed by atoms with Gasteiger partial charge < -0.3 is 13.3 Å². The molecule has 0 aliphatic carbocycles. The van der Waals surface area contributed by atoms with Crippen molar-refractivity contribution in [1.29, 1.82) is 0 Å². The average Bonchev–Trinajstić information content (AvgIpc) is 2.44. The highest BCUT2D eigenvalue weighted by Crippen LogP contribution is 2.33. The normalized spacial score (nSPS) is 13.2. The molecule has 3 nitrogen and oxygen atoms in total. The molecule has 0 aromatic carbocycles. The Hall–Kier alpha value is 0.0969. The van der Waals surface area contributed by atoms with Crippen LogP contribution in [0.25, 0.3) is 0 Å². The van der Waals surface area contributed by atoms with E-state index in [0.717, 1.165) is 25.3 Å². The molecule has 0 bridgehead atoms. The van der Waals surface area contributed by atoms with E-state index in [2.05, 4.69) is 34.6 Å². The summed E-state index contributed by atoms with van der Waals surface area (Å²) in [6.07, 6.45) is 4.32. The third-order valence-corrected chi connectivity index (χ3v) is 7.07. The summed E-state index contributed by atoms with van der Waals surface area (Å²) in [5, 5.41) is 0. The molecule has 0 fully saturated rings. The molecular formula is C16H36O3Si. The molecule has 0 unspecified atom stereocenters. The lowest BCUT2D eigenvalue weighted by Gasteiger charge is -2.40. The van der Waals surface area contributed by atoms with E-state index in [1.165, 1.54) is 6.42 Å². The van der Waals surface area contributed by atoms with Crippen LogP contribution in [-0.4, -0.2) is 27.6 Å². The molecule has 0 aromatic rings. The van der Waals surface area contributed by atoms with Crippen molar-refractivity contribution < 1.29 is 13.3 Å². The minimum absolute atomic E-state index is 0.0865. The van der Waals surface area contributed by atoms with Gasteiger partial charge in [0.25, 0.3) is 0 Å². The van der Waals surface area contributed by atoms with E-state index in [0.29, 0.717) is 19.1 Å². The van der Waals surface area contributed by atoms with Crippen molar-refractivity contribution in [2.45, 2.75) is 85.8 Å². The van der Waals surface area contributed by atoms with Crippen molar-refractivity contribution >= 4 is 8.80 Å². The SMILES string of the molecule is CCO[Si](CC)(OCC)OC(CC)(CC)CCC(C)C.